The molecule has 0 radical (unpaired) electrons. The van der Waals surface area contributed by atoms with E-state index in [2.05, 4.69) is 9.98 Å². The van der Waals surface area contributed by atoms with Crippen molar-refractivity contribution >= 4 is 28.4 Å². The Labute approximate surface area is 181 Å². The van der Waals surface area contributed by atoms with Gasteiger partial charge in [-0.05, 0) is 12.0 Å². The van der Waals surface area contributed by atoms with E-state index in [1.54, 1.807) is 11.6 Å². The van der Waals surface area contributed by atoms with E-state index in [4.69, 9.17) is 0 Å². The Balaban J connectivity index is 1.46. The van der Waals surface area contributed by atoms with Gasteiger partial charge in [-0.3, -0.25) is 18.7 Å². The molecule has 31 heavy (non-hydrogen) atoms. The van der Waals surface area contributed by atoms with Gasteiger partial charge >= 0.3 is 5.69 Å². The van der Waals surface area contributed by atoms with Crippen LogP contribution >= 0.6 is 11.3 Å². The van der Waals surface area contributed by atoms with E-state index in [1.807, 2.05) is 46.5 Å². The Bertz CT molecular complexity index is 1420. The zero-order chi connectivity index (χ0) is 22.0. The fraction of sp³-hybridized carbons (Fsp3) is 0.286. The lowest BCUT2D eigenvalue weighted by Crippen LogP contribution is -2.37. The van der Waals surface area contributed by atoms with E-state index in [0.29, 0.717) is 35.5 Å². The lowest BCUT2D eigenvalue weighted by molar-refractivity contribution is -0.118. The molecule has 160 valence electrons. The minimum absolute atomic E-state index is 0.214. The molecule has 0 atom stereocenters. The summed E-state index contributed by atoms with van der Waals surface area (Å²) in [4.78, 5) is 46.0. The van der Waals surface area contributed by atoms with E-state index >= 15 is 0 Å². The largest absolute Gasteiger partial charge is 0.332 e. The number of hydrogen-bond donors (Lipinski definition) is 0. The zero-order valence-electron chi connectivity index (χ0n) is 17.3. The molecular weight excluding hydrogens is 416 g/mol. The summed E-state index contributed by atoms with van der Waals surface area (Å²) in [6.45, 7) is 1.08. The van der Waals surface area contributed by atoms with Crippen LogP contribution in [-0.2, 0) is 32.0 Å². The summed E-state index contributed by atoms with van der Waals surface area (Å²) in [7, 11) is 3.02. The van der Waals surface area contributed by atoms with E-state index in [0.717, 1.165) is 10.1 Å². The molecule has 0 saturated carbocycles. The van der Waals surface area contributed by atoms with E-state index in [9.17, 15) is 14.4 Å². The van der Waals surface area contributed by atoms with Crippen molar-refractivity contribution < 1.29 is 4.79 Å². The summed E-state index contributed by atoms with van der Waals surface area (Å²) in [5.74, 6) is -0.214. The van der Waals surface area contributed by atoms with Crippen molar-refractivity contribution in [2.45, 2.75) is 25.9 Å². The SMILES string of the molecule is Cn1c(=O)c2c(ncn2CCCC(=O)N=c2sccn2Cc2ccccc2)n(C)c1=O. The normalized spacial score (nSPS) is 12.0. The van der Waals surface area contributed by atoms with Gasteiger partial charge < -0.3 is 9.13 Å². The van der Waals surface area contributed by atoms with Gasteiger partial charge in [0.2, 0.25) is 5.91 Å². The molecule has 0 saturated heterocycles. The number of imidazole rings is 1. The number of hydrogen-bond acceptors (Lipinski definition) is 5. The Kier molecular flexibility index (Phi) is 5.81. The molecule has 0 fully saturated rings. The Morgan fingerprint density at radius 2 is 1.87 bits per heavy atom. The first-order chi connectivity index (χ1) is 15.0. The number of benzene rings is 1. The van der Waals surface area contributed by atoms with Crippen LogP contribution in [0.1, 0.15) is 18.4 Å². The lowest BCUT2D eigenvalue weighted by Gasteiger charge is -2.06. The Hall–Kier alpha value is -3.53. The number of amides is 1. The van der Waals surface area contributed by atoms with Crippen LogP contribution in [0, 0.1) is 0 Å². The number of thiazole rings is 1. The van der Waals surface area contributed by atoms with Crippen molar-refractivity contribution in [3.05, 3.63) is 79.4 Å². The number of fused-ring (bicyclic) bond motifs is 1. The second kappa shape index (κ2) is 8.68. The van der Waals surface area contributed by atoms with Gasteiger partial charge in [0.05, 0.1) is 6.33 Å². The number of carbonyl (C=O) groups is 1. The molecule has 3 heterocycles. The van der Waals surface area contributed by atoms with Crippen molar-refractivity contribution in [1.82, 2.24) is 23.3 Å². The minimum Gasteiger partial charge on any atom is -0.325 e. The van der Waals surface area contributed by atoms with Crippen LogP contribution in [0.15, 0.2) is 62.8 Å². The maximum atomic E-state index is 12.5. The van der Waals surface area contributed by atoms with Gasteiger partial charge in [0.1, 0.15) is 0 Å². The highest BCUT2D eigenvalue weighted by molar-refractivity contribution is 7.07. The minimum atomic E-state index is -0.420. The molecule has 9 nitrogen and oxygen atoms in total. The first kappa shape index (κ1) is 20.7. The maximum Gasteiger partial charge on any atom is 0.332 e. The van der Waals surface area contributed by atoms with Crippen molar-refractivity contribution in [3.8, 4) is 0 Å². The highest BCUT2D eigenvalue weighted by Gasteiger charge is 2.14. The van der Waals surface area contributed by atoms with Crippen LogP contribution in [0.25, 0.3) is 11.2 Å². The number of aryl methyl sites for hydroxylation is 2. The molecule has 0 N–H and O–H groups in total. The molecule has 0 aliphatic heterocycles. The van der Waals surface area contributed by atoms with Crippen LogP contribution in [0.5, 0.6) is 0 Å². The summed E-state index contributed by atoms with van der Waals surface area (Å²) in [6, 6.07) is 10.00. The van der Waals surface area contributed by atoms with Crippen molar-refractivity contribution in [2.24, 2.45) is 19.1 Å². The first-order valence-electron chi connectivity index (χ1n) is 9.82. The topological polar surface area (TPSA) is 96.2 Å². The summed E-state index contributed by atoms with van der Waals surface area (Å²) >= 11 is 1.42. The average Bonchev–Trinajstić information content (AvgIpc) is 3.38. The lowest BCUT2D eigenvalue weighted by atomic mass is 10.2. The van der Waals surface area contributed by atoms with Gasteiger partial charge in [-0.2, -0.15) is 4.99 Å². The number of rotatable bonds is 6. The fourth-order valence-corrected chi connectivity index (χ4v) is 4.16. The van der Waals surface area contributed by atoms with Gasteiger partial charge in [0.25, 0.3) is 5.56 Å². The van der Waals surface area contributed by atoms with Crippen LogP contribution in [-0.4, -0.2) is 29.2 Å². The van der Waals surface area contributed by atoms with Crippen molar-refractivity contribution in [2.75, 3.05) is 0 Å². The standard InChI is InChI=1S/C21H22N6O3S/c1-24-18-17(19(29)25(2)21(24)30)27(14-22-18)10-6-9-16(28)23-20-26(11-12-31-20)13-15-7-4-3-5-8-15/h3-5,7-8,11-12,14H,6,9-10,13H2,1-2H3. The molecule has 0 unspecified atom stereocenters. The summed E-state index contributed by atoms with van der Waals surface area (Å²) < 4.78 is 6.04. The number of nitrogens with zero attached hydrogens (tertiary/aromatic N) is 6. The van der Waals surface area contributed by atoms with E-state index < -0.39 is 11.2 Å². The Morgan fingerprint density at radius 3 is 2.65 bits per heavy atom. The molecule has 1 amide bonds. The fourth-order valence-electron chi connectivity index (χ4n) is 3.42. The highest BCUT2D eigenvalue weighted by Crippen LogP contribution is 2.08. The Morgan fingerprint density at radius 1 is 1.10 bits per heavy atom. The number of aromatic nitrogens is 5. The summed E-state index contributed by atoms with van der Waals surface area (Å²) in [5.41, 5.74) is 1.01. The molecule has 0 spiro atoms. The maximum absolute atomic E-state index is 12.5. The van der Waals surface area contributed by atoms with Crippen LogP contribution < -0.4 is 16.1 Å². The highest BCUT2D eigenvalue weighted by atomic mass is 32.1. The molecule has 4 aromatic rings. The van der Waals surface area contributed by atoms with Crippen molar-refractivity contribution in [1.29, 1.82) is 0 Å². The van der Waals surface area contributed by atoms with Gasteiger partial charge in [-0.15, -0.1) is 11.3 Å². The predicted molar refractivity (Wildman–Crippen MR) is 118 cm³/mol. The second-order valence-electron chi connectivity index (χ2n) is 7.22. The third-order valence-corrected chi connectivity index (χ3v) is 5.88. The molecular formula is C21H22N6O3S. The molecule has 4 rings (SSSR count). The quantitative estimate of drug-likeness (QED) is 0.453. The summed E-state index contributed by atoms with van der Waals surface area (Å²) in [5, 5.41) is 1.91. The van der Waals surface area contributed by atoms with Gasteiger partial charge in [0.15, 0.2) is 16.0 Å². The predicted octanol–water partition coefficient (Wildman–Crippen LogP) is 1.25. The second-order valence-corrected chi connectivity index (χ2v) is 8.10. The van der Waals surface area contributed by atoms with Crippen LogP contribution in [0.4, 0.5) is 0 Å². The van der Waals surface area contributed by atoms with Gasteiger partial charge in [-0.1, -0.05) is 30.3 Å². The molecule has 0 aliphatic rings. The molecule has 0 bridgehead atoms. The third kappa shape index (κ3) is 4.19. The average molecular weight is 439 g/mol. The van der Waals surface area contributed by atoms with Gasteiger partial charge in [0, 0.05) is 45.2 Å². The van der Waals surface area contributed by atoms with Crippen molar-refractivity contribution in [3.63, 3.8) is 0 Å². The smallest absolute Gasteiger partial charge is 0.325 e. The molecule has 3 aromatic heterocycles. The van der Waals surface area contributed by atoms with Crippen LogP contribution in [0.3, 0.4) is 0 Å². The monoisotopic (exact) mass is 438 g/mol. The van der Waals surface area contributed by atoms with Crippen LogP contribution in [0.2, 0.25) is 0 Å². The number of carbonyl (C=O) groups excluding carboxylic acids is 1. The molecule has 0 aliphatic carbocycles. The van der Waals surface area contributed by atoms with E-state index in [-0.39, 0.29) is 12.3 Å². The zero-order valence-corrected chi connectivity index (χ0v) is 18.1. The first-order valence-corrected chi connectivity index (χ1v) is 10.7. The molecule has 10 heteroatoms. The summed E-state index contributed by atoms with van der Waals surface area (Å²) in [6.07, 6.45) is 4.19. The van der Waals surface area contributed by atoms with Gasteiger partial charge in [-0.25, -0.2) is 9.78 Å². The van der Waals surface area contributed by atoms with E-state index in [1.165, 1.54) is 29.3 Å². The third-order valence-electron chi connectivity index (χ3n) is 5.08. The molecule has 1 aromatic carbocycles.